The van der Waals surface area contributed by atoms with Crippen LogP contribution in [-0.2, 0) is 6.18 Å². The van der Waals surface area contributed by atoms with Gasteiger partial charge in [-0.15, -0.1) is 0 Å². The summed E-state index contributed by atoms with van der Waals surface area (Å²) in [4.78, 5) is 18.5. The molecule has 0 fully saturated rings. The number of halogens is 3. The van der Waals surface area contributed by atoms with E-state index >= 15 is 0 Å². The van der Waals surface area contributed by atoms with Crippen molar-refractivity contribution >= 4 is 11.9 Å². The normalized spacial score (nSPS) is 11.8. The fourth-order valence-corrected chi connectivity index (χ4v) is 2.01. The number of rotatable bonds is 2. The van der Waals surface area contributed by atoms with Crippen LogP contribution in [0.3, 0.4) is 0 Å². The molecule has 0 aliphatic carbocycles. The van der Waals surface area contributed by atoms with E-state index in [0.29, 0.717) is 28.8 Å². The highest BCUT2D eigenvalue weighted by Crippen LogP contribution is 2.31. The van der Waals surface area contributed by atoms with Gasteiger partial charge in [0.05, 0.1) is 11.8 Å². The van der Waals surface area contributed by atoms with Crippen LogP contribution in [0.15, 0.2) is 43.0 Å². The second-order valence-electron chi connectivity index (χ2n) is 4.41. The van der Waals surface area contributed by atoms with Gasteiger partial charge in [0.2, 0.25) is 0 Å². The van der Waals surface area contributed by atoms with Gasteiger partial charge in [-0.2, -0.15) is 13.2 Å². The summed E-state index contributed by atoms with van der Waals surface area (Å²) in [5.41, 5.74) is 0.883. The van der Waals surface area contributed by atoms with Crippen molar-refractivity contribution in [3.05, 3.63) is 54.2 Å². The molecule has 4 nitrogen and oxygen atoms in total. The summed E-state index contributed by atoms with van der Waals surface area (Å²) in [6.07, 6.45) is 1.26. The highest BCUT2D eigenvalue weighted by atomic mass is 19.4. The molecule has 0 atom stereocenters. The van der Waals surface area contributed by atoms with Gasteiger partial charge in [0, 0.05) is 29.7 Å². The minimum atomic E-state index is -4.45. The first-order valence-corrected chi connectivity index (χ1v) is 5.94. The minimum Gasteiger partial charge on any atom is -0.297 e. The third-order valence-electron chi connectivity index (χ3n) is 3.05. The molecule has 0 saturated carbocycles. The molecule has 0 aliphatic heterocycles. The van der Waals surface area contributed by atoms with Gasteiger partial charge in [-0.05, 0) is 18.2 Å². The molecule has 0 amide bonds. The number of fused-ring (bicyclic) bond motifs is 1. The highest BCUT2D eigenvalue weighted by Gasteiger charge is 2.31. The molecule has 3 aromatic rings. The van der Waals surface area contributed by atoms with Gasteiger partial charge in [-0.1, -0.05) is 0 Å². The van der Waals surface area contributed by atoms with E-state index < -0.39 is 11.7 Å². The standard InChI is InChI=1S/C14H8F3N3O/c15-14(16,17)11-3-10(4-18-5-11)9-1-2-13-19-6-12(8-21)20(13)7-9/h1-8H. The fourth-order valence-electron chi connectivity index (χ4n) is 2.01. The average molecular weight is 291 g/mol. The van der Waals surface area contributed by atoms with E-state index in [9.17, 15) is 18.0 Å². The number of carbonyl (C=O) groups is 1. The first kappa shape index (κ1) is 13.3. The Morgan fingerprint density at radius 1 is 1.10 bits per heavy atom. The largest absolute Gasteiger partial charge is 0.417 e. The molecule has 3 aromatic heterocycles. The number of hydrogen-bond acceptors (Lipinski definition) is 3. The molecule has 3 rings (SSSR count). The van der Waals surface area contributed by atoms with E-state index in [1.165, 1.54) is 16.8 Å². The Morgan fingerprint density at radius 2 is 1.90 bits per heavy atom. The average Bonchev–Trinajstić information content (AvgIpc) is 2.88. The van der Waals surface area contributed by atoms with Crippen LogP contribution in [0.4, 0.5) is 13.2 Å². The van der Waals surface area contributed by atoms with E-state index in [2.05, 4.69) is 9.97 Å². The molecule has 3 heterocycles. The lowest BCUT2D eigenvalue weighted by molar-refractivity contribution is -0.137. The van der Waals surface area contributed by atoms with Crippen molar-refractivity contribution in [2.75, 3.05) is 0 Å². The van der Waals surface area contributed by atoms with Gasteiger partial charge in [-0.3, -0.25) is 14.2 Å². The van der Waals surface area contributed by atoms with Crippen LogP contribution in [0.25, 0.3) is 16.8 Å². The Bertz CT molecular complexity index is 824. The molecule has 0 saturated heterocycles. The summed E-state index contributed by atoms with van der Waals surface area (Å²) >= 11 is 0. The van der Waals surface area contributed by atoms with Crippen molar-refractivity contribution in [3.8, 4) is 11.1 Å². The van der Waals surface area contributed by atoms with Crippen LogP contribution in [0, 0.1) is 0 Å². The fraction of sp³-hybridized carbons (Fsp3) is 0.0714. The Hall–Kier alpha value is -2.70. The smallest absolute Gasteiger partial charge is 0.297 e. The molecule has 0 radical (unpaired) electrons. The lowest BCUT2D eigenvalue weighted by Crippen LogP contribution is -2.05. The SMILES string of the molecule is O=Cc1cnc2ccc(-c3cncc(C(F)(F)F)c3)cn12. The number of pyridine rings is 2. The maximum absolute atomic E-state index is 12.7. The van der Waals surface area contributed by atoms with Crippen molar-refractivity contribution in [2.24, 2.45) is 0 Å². The van der Waals surface area contributed by atoms with Gasteiger partial charge in [0.1, 0.15) is 11.3 Å². The Kier molecular flexibility index (Phi) is 2.97. The van der Waals surface area contributed by atoms with Crippen LogP contribution in [0.1, 0.15) is 16.1 Å². The summed E-state index contributed by atoms with van der Waals surface area (Å²) in [5.74, 6) is 0. The molecular formula is C14H8F3N3O. The molecule has 0 N–H and O–H groups in total. The lowest BCUT2D eigenvalue weighted by Gasteiger charge is -2.08. The van der Waals surface area contributed by atoms with Crippen LogP contribution in [-0.4, -0.2) is 20.7 Å². The molecular weight excluding hydrogens is 283 g/mol. The predicted molar refractivity (Wildman–Crippen MR) is 68.8 cm³/mol. The van der Waals surface area contributed by atoms with Crippen LogP contribution >= 0.6 is 0 Å². The quantitative estimate of drug-likeness (QED) is 0.681. The zero-order valence-electron chi connectivity index (χ0n) is 10.5. The minimum absolute atomic E-state index is 0.317. The van der Waals surface area contributed by atoms with Gasteiger partial charge < -0.3 is 0 Å². The topological polar surface area (TPSA) is 47.3 Å². The van der Waals surface area contributed by atoms with Crippen molar-refractivity contribution in [3.63, 3.8) is 0 Å². The summed E-state index contributed by atoms with van der Waals surface area (Å²) in [6.45, 7) is 0. The zero-order valence-corrected chi connectivity index (χ0v) is 10.5. The summed E-state index contributed by atoms with van der Waals surface area (Å²) in [5, 5.41) is 0. The summed E-state index contributed by atoms with van der Waals surface area (Å²) in [6, 6.07) is 4.28. The van der Waals surface area contributed by atoms with Crippen molar-refractivity contribution in [1.29, 1.82) is 0 Å². The van der Waals surface area contributed by atoms with Crippen molar-refractivity contribution < 1.29 is 18.0 Å². The molecule has 21 heavy (non-hydrogen) atoms. The number of aldehydes is 1. The van der Waals surface area contributed by atoms with Crippen LogP contribution in [0.5, 0.6) is 0 Å². The Labute approximate surface area is 116 Å². The number of alkyl halides is 3. The number of nitrogens with zero attached hydrogens (tertiary/aromatic N) is 3. The van der Waals surface area contributed by atoms with Crippen molar-refractivity contribution in [1.82, 2.24) is 14.4 Å². The molecule has 0 unspecified atom stereocenters. The third kappa shape index (κ3) is 2.37. The number of carbonyl (C=O) groups excluding carboxylic acids is 1. The Balaban J connectivity index is 2.14. The van der Waals surface area contributed by atoms with Gasteiger partial charge in [0.25, 0.3) is 0 Å². The second kappa shape index (κ2) is 4.69. The van der Waals surface area contributed by atoms with Gasteiger partial charge >= 0.3 is 6.18 Å². The zero-order chi connectivity index (χ0) is 15.0. The first-order valence-electron chi connectivity index (χ1n) is 5.94. The maximum Gasteiger partial charge on any atom is 0.417 e. The third-order valence-corrected chi connectivity index (χ3v) is 3.05. The number of imidazole rings is 1. The number of hydrogen-bond donors (Lipinski definition) is 0. The number of aromatic nitrogens is 3. The molecule has 7 heteroatoms. The summed E-state index contributed by atoms with van der Waals surface area (Å²) in [7, 11) is 0. The van der Waals surface area contributed by atoms with E-state index in [1.807, 2.05) is 0 Å². The molecule has 0 bridgehead atoms. The Morgan fingerprint density at radius 3 is 2.62 bits per heavy atom. The van der Waals surface area contributed by atoms with Crippen molar-refractivity contribution in [2.45, 2.75) is 6.18 Å². The predicted octanol–water partition coefficient (Wildman–Crippen LogP) is 3.23. The molecule has 0 spiro atoms. The van der Waals surface area contributed by atoms with E-state index in [0.717, 1.165) is 12.3 Å². The highest BCUT2D eigenvalue weighted by molar-refractivity contribution is 5.75. The van der Waals surface area contributed by atoms with E-state index in [4.69, 9.17) is 0 Å². The van der Waals surface area contributed by atoms with E-state index in [-0.39, 0.29) is 0 Å². The summed E-state index contributed by atoms with van der Waals surface area (Å²) < 4.78 is 39.6. The molecule has 0 aromatic carbocycles. The van der Waals surface area contributed by atoms with Gasteiger partial charge in [-0.25, -0.2) is 4.98 Å². The first-order chi connectivity index (χ1) is 9.99. The van der Waals surface area contributed by atoms with Crippen LogP contribution < -0.4 is 0 Å². The van der Waals surface area contributed by atoms with Gasteiger partial charge in [0.15, 0.2) is 6.29 Å². The van der Waals surface area contributed by atoms with Crippen LogP contribution in [0.2, 0.25) is 0 Å². The maximum atomic E-state index is 12.7. The molecule has 0 aliphatic rings. The van der Waals surface area contributed by atoms with E-state index in [1.54, 1.807) is 18.3 Å². The lowest BCUT2D eigenvalue weighted by atomic mass is 10.1. The monoisotopic (exact) mass is 291 g/mol. The molecule has 106 valence electrons. The second-order valence-corrected chi connectivity index (χ2v) is 4.41.